The second-order valence-electron chi connectivity index (χ2n) is 5.65. The fourth-order valence-electron chi connectivity index (χ4n) is 2.66. The van der Waals surface area contributed by atoms with Crippen LogP contribution >= 0.6 is 0 Å². The number of phenolic OH excluding ortho intramolecular Hbond substituents is 4. The van der Waals surface area contributed by atoms with Crippen LogP contribution in [0.15, 0.2) is 47.5 Å². The SMILES string of the molecule is O=C1/C(=C/c2ccc(O)cc2O)CC/C1=C\c1ccc(O)cc1O. The third kappa shape index (κ3) is 3.10. The predicted molar refractivity (Wildman–Crippen MR) is 89.7 cm³/mol. The maximum absolute atomic E-state index is 12.5. The molecule has 2 aromatic rings. The van der Waals surface area contributed by atoms with Gasteiger partial charge in [-0.3, -0.25) is 4.79 Å². The molecule has 3 rings (SSSR count). The maximum atomic E-state index is 12.5. The van der Waals surface area contributed by atoms with Gasteiger partial charge in [0.2, 0.25) is 0 Å². The summed E-state index contributed by atoms with van der Waals surface area (Å²) >= 11 is 0. The molecule has 1 aliphatic rings. The number of hydrogen-bond donors (Lipinski definition) is 4. The summed E-state index contributed by atoms with van der Waals surface area (Å²) in [6.45, 7) is 0. The Labute approximate surface area is 138 Å². The zero-order valence-electron chi connectivity index (χ0n) is 12.7. The van der Waals surface area contributed by atoms with E-state index in [0.717, 1.165) is 0 Å². The van der Waals surface area contributed by atoms with E-state index in [1.165, 1.54) is 24.3 Å². The number of carbonyl (C=O) groups is 1. The molecule has 0 aliphatic heterocycles. The van der Waals surface area contributed by atoms with Gasteiger partial charge in [0.15, 0.2) is 5.78 Å². The molecule has 24 heavy (non-hydrogen) atoms. The average Bonchev–Trinajstić information content (AvgIpc) is 2.86. The number of carbonyl (C=O) groups excluding carboxylic acids is 1. The standard InChI is InChI=1S/C19H16O5/c20-15-5-3-11(17(22)9-15)7-13-1-2-14(19(13)24)8-12-4-6-16(21)10-18(12)23/h3-10,20-23H,1-2H2/b13-7+,14-8+. The summed E-state index contributed by atoms with van der Waals surface area (Å²) in [7, 11) is 0. The fourth-order valence-corrected chi connectivity index (χ4v) is 2.66. The van der Waals surface area contributed by atoms with Crippen LogP contribution in [0.4, 0.5) is 0 Å². The Morgan fingerprint density at radius 2 is 1.12 bits per heavy atom. The Kier molecular flexibility index (Phi) is 4.00. The van der Waals surface area contributed by atoms with Crippen LogP contribution in [0.5, 0.6) is 23.0 Å². The lowest BCUT2D eigenvalue weighted by Crippen LogP contribution is -1.95. The van der Waals surface area contributed by atoms with Gasteiger partial charge < -0.3 is 20.4 Å². The van der Waals surface area contributed by atoms with Gasteiger partial charge in [-0.15, -0.1) is 0 Å². The van der Waals surface area contributed by atoms with Gasteiger partial charge in [-0.2, -0.15) is 0 Å². The van der Waals surface area contributed by atoms with Gasteiger partial charge in [-0.25, -0.2) is 0 Å². The number of benzene rings is 2. The summed E-state index contributed by atoms with van der Waals surface area (Å²) < 4.78 is 0. The highest BCUT2D eigenvalue weighted by molar-refractivity contribution is 6.15. The van der Waals surface area contributed by atoms with Gasteiger partial charge in [-0.05, 0) is 49.3 Å². The zero-order chi connectivity index (χ0) is 17.3. The Balaban J connectivity index is 1.89. The van der Waals surface area contributed by atoms with Crippen molar-refractivity contribution in [3.05, 3.63) is 58.7 Å². The minimum Gasteiger partial charge on any atom is -0.508 e. The molecule has 5 nitrogen and oxygen atoms in total. The maximum Gasteiger partial charge on any atom is 0.185 e. The van der Waals surface area contributed by atoms with Gasteiger partial charge in [0.05, 0.1) is 0 Å². The van der Waals surface area contributed by atoms with Crippen molar-refractivity contribution in [2.24, 2.45) is 0 Å². The molecule has 0 unspecified atom stereocenters. The Hall–Kier alpha value is -3.21. The average molecular weight is 324 g/mol. The van der Waals surface area contributed by atoms with E-state index in [-0.39, 0.29) is 28.8 Å². The molecule has 0 aromatic heterocycles. The lowest BCUT2D eigenvalue weighted by Gasteiger charge is -2.02. The monoisotopic (exact) mass is 324 g/mol. The first-order chi connectivity index (χ1) is 11.4. The number of hydrogen-bond acceptors (Lipinski definition) is 5. The number of allylic oxidation sites excluding steroid dienone is 2. The topological polar surface area (TPSA) is 98.0 Å². The van der Waals surface area contributed by atoms with E-state index >= 15 is 0 Å². The predicted octanol–water partition coefficient (Wildman–Crippen LogP) is 3.34. The zero-order valence-corrected chi connectivity index (χ0v) is 12.7. The summed E-state index contributed by atoms with van der Waals surface area (Å²) in [4.78, 5) is 12.5. The smallest absolute Gasteiger partial charge is 0.185 e. The van der Waals surface area contributed by atoms with Crippen LogP contribution < -0.4 is 0 Å². The van der Waals surface area contributed by atoms with E-state index in [2.05, 4.69) is 0 Å². The Morgan fingerprint density at radius 1 is 0.708 bits per heavy atom. The van der Waals surface area contributed by atoms with Crippen molar-refractivity contribution < 1.29 is 25.2 Å². The van der Waals surface area contributed by atoms with Crippen LogP contribution in [0.25, 0.3) is 12.2 Å². The fraction of sp³-hybridized carbons (Fsp3) is 0.105. The molecule has 2 aromatic carbocycles. The van der Waals surface area contributed by atoms with Crippen molar-refractivity contribution in [3.8, 4) is 23.0 Å². The normalized spacial score (nSPS) is 17.8. The molecule has 0 radical (unpaired) electrons. The lowest BCUT2D eigenvalue weighted by molar-refractivity contribution is -0.111. The minimum atomic E-state index is -0.144. The highest BCUT2D eigenvalue weighted by atomic mass is 16.3. The molecule has 0 bridgehead atoms. The molecule has 0 amide bonds. The van der Waals surface area contributed by atoms with E-state index < -0.39 is 0 Å². The Morgan fingerprint density at radius 3 is 1.50 bits per heavy atom. The van der Waals surface area contributed by atoms with Crippen LogP contribution in [0.3, 0.4) is 0 Å². The molecule has 0 saturated heterocycles. The molecular formula is C19H16O5. The van der Waals surface area contributed by atoms with Crippen molar-refractivity contribution >= 4 is 17.9 Å². The summed E-state index contributed by atoms with van der Waals surface area (Å²) in [6.07, 6.45) is 4.27. The van der Waals surface area contributed by atoms with Crippen LogP contribution in [0, 0.1) is 0 Å². The van der Waals surface area contributed by atoms with E-state index in [9.17, 15) is 25.2 Å². The number of ketones is 1. The summed E-state index contributed by atoms with van der Waals surface area (Å²) in [6, 6.07) is 8.40. The van der Waals surface area contributed by atoms with Crippen molar-refractivity contribution in [2.45, 2.75) is 12.8 Å². The molecular weight excluding hydrogens is 308 g/mol. The first-order valence-corrected chi connectivity index (χ1v) is 7.44. The molecule has 4 N–H and O–H groups in total. The van der Waals surface area contributed by atoms with E-state index in [1.807, 2.05) is 0 Å². The first-order valence-electron chi connectivity index (χ1n) is 7.44. The molecule has 1 saturated carbocycles. The number of aromatic hydroxyl groups is 4. The minimum absolute atomic E-state index is 0.0456. The highest BCUT2D eigenvalue weighted by Crippen LogP contribution is 2.33. The summed E-state index contributed by atoms with van der Waals surface area (Å²) in [5, 5.41) is 38.2. The Bertz CT molecular complexity index is 806. The van der Waals surface area contributed by atoms with E-state index in [0.29, 0.717) is 35.1 Å². The molecule has 0 spiro atoms. The van der Waals surface area contributed by atoms with Crippen molar-refractivity contribution in [3.63, 3.8) is 0 Å². The van der Waals surface area contributed by atoms with Gasteiger partial charge in [0.25, 0.3) is 0 Å². The van der Waals surface area contributed by atoms with Crippen molar-refractivity contribution in [1.29, 1.82) is 0 Å². The van der Waals surface area contributed by atoms with E-state index in [4.69, 9.17) is 0 Å². The quantitative estimate of drug-likeness (QED) is 0.635. The number of rotatable bonds is 2. The largest absolute Gasteiger partial charge is 0.508 e. The first kappa shape index (κ1) is 15.7. The number of phenols is 4. The van der Waals surface area contributed by atoms with Crippen LogP contribution in [0.1, 0.15) is 24.0 Å². The van der Waals surface area contributed by atoms with Gasteiger partial charge >= 0.3 is 0 Å². The molecule has 122 valence electrons. The second kappa shape index (κ2) is 6.12. The molecule has 5 heteroatoms. The number of Topliss-reactive ketones (excluding diaryl/α,β-unsaturated/α-hetero) is 1. The third-order valence-corrected chi connectivity index (χ3v) is 3.93. The van der Waals surface area contributed by atoms with Crippen LogP contribution in [-0.2, 0) is 4.79 Å². The van der Waals surface area contributed by atoms with Gasteiger partial charge in [-0.1, -0.05) is 0 Å². The van der Waals surface area contributed by atoms with Crippen LogP contribution in [-0.4, -0.2) is 26.2 Å². The van der Waals surface area contributed by atoms with Gasteiger partial charge in [0.1, 0.15) is 23.0 Å². The van der Waals surface area contributed by atoms with Gasteiger partial charge in [0, 0.05) is 34.4 Å². The molecule has 1 fully saturated rings. The molecule has 1 aliphatic carbocycles. The second-order valence-corrected chi connectivity index (χ2v) is 5.65. The summed E-state index contributed by atoms with van der Waals surface area (Å²) in [5.41, 5.74) is 2.04. The summed E-state index contributed by atoms with van der Waals surface area (Å²) in [5.74, 6) is -0.422. The molecule has 0 heterocycles. The van der Waals surface area contributed by atoms with Crippen molar-refractivity contribution in [2.75, 3.05) is 0 Å². The molecule has 0 atom stereocenters. The third-order valence-electron chi connectivity index (χ3n) is 3.93. The highest BCUT2D eigenvalue weighted by Gasteiger charge is 2.23. The van der Waals surface area contributed by atoms with Crippen LogP contribution in [0.2, 0.25) is 0 Å². The van der Waals surface area contributed by atoms with E-state index in [1.54, 1.807) is 24.3 Å². The lowest BCUT2D eigenvalue weighted by atomic mass is 10.1. The van der Waals surface area contributed by atoms with Crippen molar-refractivity contribution in [1.82, 2.24) is 0 Å².